The zero-order chi connectivity index (χ0) is 18.8. The summed E-state index contributed by atoms with van der Waals surface area (Å²) in [5.74, 6) is 0.187. The summed E-state index contributed by atoms with van der Waals surface area (Å²) in [6.07, 6.45) is -4.77. The maximum atomic E-state index is 12.7. The molecule has 0 spiro atoms. The monoisotopic (exact) mass is 361 g/mol. The van der Waals surface area contributed by atoms with E-state index in [0.29, 0.717) is 13.0 Å². The lowest BCUT2D eigenvalue weighted by molar-refractivity contribution is -0.137. The number of aliphatic hydroxyl groups is 1. The Hall–Kier alpha value is -1.96. The molecule has 0 bridgehead atoms. The van der Waals surface area contributed by atoms with Crippen LogP contribution in [0.4, 0.5) is 18.0 Å². The topological polar surface area (TPSA) is 59.0 Å². The van der Waals surface area contributed by atoms with Crippen molar-refractivity contribution in [3.8, 4) is 5.75 Å². The minimum atomic E-state index is -4.48. The highest BCUT2D eigenvalue weighted by molar-refractivity contribution is 5.68. The van der Waals surface area contributed by atoms with Crippen molar-refractivity contribution < 1.29 is 32.5 Å². The molecular weight excluding hydrogens is 339 g/mol. The molecule has 2 rings (SSSR count). The molecule has 1 aromatic carbocycles. The number of nitrogens with zero attached hydrogens (tertiary/aromatic N) is 1. The van der Waals surface area contributed by atoms with E-state index in [1.54, 1.807) is 20.8 Å². The second-order valence-corrected chi connectivity index (χ2v) is 6.93. The third kappa shape index (κ3) is 5.26. The van der Waals surface area contributed by atoms with Gasteiger partial charge < -0.3 is 19.5 Å². The van der Waals surface area contributed by atoms with E-state index in [-0.39, 0.29) is 24.0 Å². The fraction of sp³-hybridized carbons (Fsp3) is 0.588. The van der Waals surface area contributed by atoms with Gasteiger partial charge in [0, 0.05) is 18.5 Å². The smallest absolute Gasteiger partial charge is 0.416 e. The van der Waals surface area contributed by atoms with Gasteiger partial charge in [0.25, 0.3) is 0 Å². The van der Waals surface area contributed by atoms with E-state index in [1.807, 2.05) is 0 Å². The van der Waals surface area contributed by atoms with E-state index in [9.17, 15) is 23.1 Å². The zero-order valence-electron chi connectivity index (χ0n) is 14.4. The first-order valence-corrected chi connectivity index (χ1v) is 7.95. The first-order chi connectivity index (χ1) is 11.5. The lowest BCUT2D eigenvalue weighted by atomic mass is 10.1. The average Bonchev–Trinajstić information content (AvgIpc) is 2.93. The SMILES string of the molecule is CC(C)(C)OC(=O)N1CC[C@@H](Oc2ccc(C(F)(F)F)cc2CO)C1. The van der Waals surface area contributed by atoms with Crippen molar-refractivity contribution in [2.24, 2.45) is 0 Å². The minimum Gasteiger partial charge on any atom is -0.488 e. The number of halogens is 3. The maximum Gasteiger partial charge on any atom is 0.416 e. The molecule has 1 heterocycles. The predicted octanol–water partition coefficient (Wildman–Crippen LogP) is 3.59. The molecule has 1 N–H and O–H groups in total. The number of hydrogen-bond donors (Lipinski definition) is 1. The van der Waals surface area contributed by atoms with Gasteiger partial charge in [0.15, 0.2) is 0 Å². The highest BCUT2D eigenvalue weighted by Crippen LogP contribution is 2.33. The second kappa shape index (κ2) is 7.11. The van der Waals surface area contributed by atoms with Crippen LogP contribution in [0.3, 0.4) is 0 Å². The molecule has 140 valence electrons. The second-order valence-electron chi connectivity index (χ2n) is 6.93. The first-order valence-electron chi connectivity index (χ1n) is 7.95. The van der Waals surface area contributed by atoms with Gasteiger partial charge in [-0.1, -0.05) is 0 Å². The Morgan fingerprint density at radius 1 is 1.32 bits per heavy atom. The Morgan fingerprint density at radius 2 is 2.00 bits per heavy atom. The number of carbonyl (C=O) groups excluding carboxylic acids is 1. The quantitative estimate of drug-likeness (QED) is 0.894. The van der Waals surface area contributed by atoms with Crippen LogP contribution in [0.5, 0.6) is 5.75 Å². The molecule has 1 aliphatic rings. The van der Waals surface area contributed by atoms with E-state index in [2.05, 4.69) is 0 Å². The van der Waals surface area contributed by atoms with Gasteiger partial charge in [0.2, 0.25) is 0 Å². The summed E-state index contributed by atoms with van der Waals surface area (Å²) in [4.78, 5) is 13.5. The first kappa shape index (κ1) is 19.4. The maximum absolute atomic E-state index is 12.7. The molecule has 1 saturated heterocycles. The fourth-order valence-electron chi connectivity index (χ4n) is 2.49. The molecule has 0 aromatic heterocycles. The molecule has 0 aliphatic carbocycles. The number of benzene rings is 1. The molecule has 0 unspecified atom stereocenters. The van der Waals surface area contributed by atoms with Crippen molar-refractivity contribution in [2.75, 3.05) is 13.1 Å². The number of amides is 1. The number of alkyl halides is 3. The number of rotatable bonds is 3. The normalized spacial score (nSPS) is 18.4. The molecule has 0 saturated carbocycles. The van der Waals surface area contributed by atoms with Gasteiger partial charge in [0.1, 0.15) is 17.5 Å². The molecule has 1 aromatic rings. The Kier molecular flexibility index (Phi) is 5.51. The van der Waals surface area contributed by atoms with Crippen LogP contribution >= 0.6 is 0 Å². The summed E-state index contributed by atoms with van der Waals surface area (Å²) in [6, 6.07) is 2.98. The number of hydrogen-bond acceptors (Lipinski definition) is 4. The average molecular weight is 361 g/mol. The van der Waals surface area contributed by atoms with Gasteiger partial charge in [-0.15, -0.1) is 0 Å². The minimum absolute atomic E-state index is 0.0607. The summed E-state index contributed by atoms with van der Waals surface area (Å²) in [5.41, 5.74) is -1.38. The van der Waals surface area contributed by atoms with E-state index < -0.39 is 30.0 Å². The van der Waals surface area contributed by atoms with E-state index in [4.69, 9.17) is 9.47 Å². The van der Waals surface area contributed by atoms with Gasteiger partial charge >= 0.3 is 12.3 Å². The van der Waals surface area contributed by atoms with Crippen LogP contribution in [0.1, 0.15) is 38.3 Å². The van der Waals surface area contributed by atoms with Crippen molar-refractivity contribution in [2.45, 2.75) is 51.7 Å². The molecule has 1 atom stereocenters. The predicted molar refractivity (Wildman–Crippen MR) is 84.2 cm³/mol. The molecule has 0 radical (unpaired) electrons. The van der Waals surface area contributed by atoms with Gasteiger partial charge in [-0.2, -0.15) is 13.2 Å². The Balaban J connectivity index is 2.03. The lowest BCUT2D eigenvalue weighted by Gasteiger charge is -2.24. The van der Waals surface area contributed by atoms with Gasteiger partial charge in [-0.3, -0.25) is 0 Å². The largest absolute Gasteiger partial charge is 0.488 e. The third-order valence-electron chi connectivity index (χ3n) is 3.65. The van der Waals surface area contributed by atoms with Crippen molar-refractivity contribution in [3.05, 3.63) is 29.3 Å². The summed E-state index contributed by atoms with van der Waals surface area (Å²) < 4.78 is 49.2. The van der Waals surface area contributed by atoms with Crippen LogP contribution in [-0.2, 0) is 17.5 Å². The summed E-state index contributed by atoms with van der Waals surface area (Å²) in [7, 11) is 0. The summed E-state index contributed by atoms with van der Waals surface area (Å²) in [6.45, 7) is 5.46. The Bertz CT molecular complexity index is 625. The van der Waals surface area contributed by atoms with Crippen LogP contribution in [0.2, 0.25) is 0 Å². The van der Waals surface area contributed by atoms with E-state index in [1.165, 1.54) is 11.0 Å². The van der Waals surface area contributed by atoms with Crippen LogP contribution in [0.15, 0.2) is 18.2 Å². The molecular formula is C17H22F3NO4. The molecule has 1 aliphatic heterocycles. The highest BCUT2D eigenvalue weighted by Gasteiger charge is 2.33. The molecule has 8 heteroatoms. The van der Waals surface area contributed by atoms with Crippen LogP contribution in [0, 0.1) is 0 Å². The van der Waals surface area contributed by atoms with E-state index >= 15 is 0 Å². The summed E-state index contributed by atoms with van der Waals surface area (Å²) in [5, 5.41) is 9.32. The summed E-state index contributed by atoms with van der Waals surface area (Å²) >= 11 is 0. The van der Waals surface area contributed by atoms with Crippen LogP contribution < -0.4 is 4.74 Å². The van der Waals surface area contributed by atoms with Crippen LogP contribution in [0.25, 0.3) is 0 Å². The Morgan fingerprint density at radius 3 is 2.56 bits per heavy atom. The van der Waals surface area contributed by atoms with Crippen LogP contribution in [-0.4, -0.2) is 40.9 Å². The van der Waals surface area contributed by atoms with Crippen molar-refractivity contribution >= 4 is 6.09 Å². The molecule has 1 fully saturated rings. The molecule has 25 heavy (non-hydrogen) atoms. The van der Waals surface area contributed by atoms with Gasteiger partial charge in [-0.25, -0.2) is 4.79 Å². The van der Waals surface area contributed by atoms with E-state index in [0.717, 1.165) is 12.1 Å². The van der Waals surface area contributed by atoms with Crippen molar-refractivity contribution in [1.29, 1.82) is 0 Å². The number of aliphatic hydroxyl groups excluding tert-OH is 1. The lowest BCUT2D eigenvalue weighted by Crippen LogP contribution is -2.36. The van der Waals surface area contributed by atoms with Gasteiger partial charge in [-0.05, 0) is 39.0 Å². The van der Waals surface area contributed by atoms with Gasteiger partial charge in [0.05, 0.1) is 18.7 Å². The van der Waals surface area contributed by atoms with Crippen molar-refractivity contribution in [1.82, 2.24) is 4.90 Å². The Labute approximate surface area is 144 Å². The highest BCUT2D eigenvalue weighted by atomic mass is 19.4. The zero-order valence-corrected chi connectivity index (χ0v) is 14.4. The van der Waals surface area contributed by atoms with Crippen molar-refractivity contribution in [3.63, 3.8) is 0 Å². The fourth-order valence-corrected chi connectivity index (χ4v) is 2.49. The third-order valence-corrected chi connectivity index (χ3v) is 3.65. The number of likely N-dealkylation sites (tertiary alicyclic amines) is 1. The number of ether oxygens (including phenoxy) is 2. The number of carbonyl (C=O) groups is 1. The molecule has 5 nitrogen and oxygen atoms in total. The standard InChI is InChI=1S/C17H22F3NO4/c1-16(2,3)25-15(23)21-7-6-13(9-21)24-14-5-4-12(17(18,19)20)8-11(14)10-22/h4-5,8,13,22H,6-7,9-10H2,1-3H3/t13-/m1/s1. The molecule has 1 amide bonds.